The van der Waals surface area contributed by atoms with Gasteiger partial charge in [-0.1, -0.05) is 6.42 Å². The Morgan fingerprint density at radius 3 is 2.76 bits per heavy atom. The molecular weight excluding hydrogens is 292 g/mol. The van der Waals surface area contributed by atoms with Crippen molar-refractivity contribution < 1.29 is 13.9 Å². The molecule has 1 aliphatic heterocycles. The van der Waals surface area contributed by atoms with E-state index in [0.29, 0.717) is 12.0 Å². The number of phenols is 1. The summed E-state index contributed by atoms with van der Waals surface area (Å²) in [5, 5.41) is 12.5. The third-order valence-electron chi connectivity index (χ3n) is 3.09. The summed E-state index contributed by atoms with van der Waals surface area (Å²) in [6.07, 6.45) is 3.66. The van der Waals surface area contributed by atoms with E-state index in [0.717, 1.165) is 25.8 Å². The van der Waals surface area contributed by atoms with Crippen molar-refractivity contribution in [3.8, 4) is 5.75 Å². The number of halogens is 3. The van der Waals surface area contributed by atoms with Gasteiger partial charge < -0.3 is 10.4 Å². The highest BCUT2D eigenvalue weighted by atomic mass is 79.9. The van der Waals surface area contributed by atoms with Crippen LogP contribution in [0.25, 0.3) is 0 Å². The fraction of sp³-hybridized carbons (Fsp3) is 0.500. The molecule has 0 radical (unpaired) electrons. The first-order valence-corrected chi connectivity index (χ1v) is 6.47. The molecule has 0 amide bonds. The first-order chi connectivity index (χ1) is 8.09. The number of hydrogen-bond donors (Lipinski definition) is 2. The van der Waals surface area contributed by atoms with E-state index in [1.807, 2.05) is 0 Å². The molecule has 0 spiro atoms. The second kappa shape index (κ2) is 5.31. The van der Waals surface area contributed by atoms with Gasteiger partial charge in [0.1, 0.15) is 0 Å². The van der Waals surface area contributed by atoms with Crippen molar-refractivity contribution in [1.29, 1.82) is 0 Å². The van der Waals surface area contributed by atoms with Gasteiger partial charge in [-0.25, -0.2) is 4.39 Å². The molecule has 1 aromatic rings. The van der Waals surface area contributed by atoms with E-state index < -0.39 is 17.4 Å². The highest BCUT2D eigenvalue weighted by Crippen LogP contribution is 2.31. The molecule has 0 aromatic heterocycles. The molecule has 0 bridgehead atoms. The summed E-state index contributed by atoms with van der Waals surface area (Å²) in [7, 11) is 0. The van der Waals surface area contributed by atoms with Crippen LogP contribution in [0.2, 0.25) is 0 Å². The Hall–Kier alpha value is -0.680. The predicted octanol–water partition coefficient (Wildman–Crippen LogP) is 3.12. The lowest BCUT2D eigenvalue weighted by molar-refractivity contribution is 0.381. The van der Waals surface area contributed by atoms with Crippen molar-refractivity contribution in [3.63, 3.8) is 0 Å². The molecule has 17 heavy (non-hydrogen) atoms. The Morgan fingerprint density at radius 1 is 1.35 bits per heavy atom. The Labute approximate surface area is 107 Å². The Bertz CT molecular complexity index is 419. The van der Waals surface area contributed by atoms with E-state index in [1.54, 1.807) is 0 Å². The monoisotopic (exact) mass is 305 g/mol. The maximum absolute atomic E-state index is 13.6. The van der Waals surface area contributed by atoms with Crippen molar-refractivity contribution in [3.05, 3.63) is 27.7 Å². The minimum Gasteiger partial charge on any atom is -0.504 e. The standard InChI is InChI=1S/C12H14BrF2NO/c13-9-6-7(10(14)11(15)12(9)17)5-8-3-1-2-4-16-8/h6,8,16-17H,1-5H2. The number of hydrogen-bond acceptors (Lipinski definition) is 2. The number of rotatable bonds is 2. The van der Waals surface area contributed by atoms with E-state index in [4.69, 9.17) is 0 Å². The van der Waals surface area contributed by atoms with Crippen LogP contribution in [0.4, 0.5) is 8.78 Å². The molecule has 1 unspecified atom stereocenters. The lowest BCUT2D eigenvalue weighted by atomic mass is 9.97. The third kappa shape index (κ3) is 2.77. The molecule has 5 heteroatoms. The van der Waals surface area contributed by atoms with Gasteiger partial charge in [0.25, 0.3) is 0 Å². The number of nitrogens with one attached hydrogen (secondary N) is 1. The van der Waals surface area contributed by atoms with Gasteiger partial charge in [-0.05, 0) is 53.4 Å². The van der Waals surface area contributed by atoms with Gasteiger partial charge in [-0.2, -0.15) is 4.39 Å². The minimum atomic E-state index is -1.18. The normalized spacial score (nSPS) is 20.5. The molecule has 1 aromatic carbocycles. The van der Waals surface area contributed by atoms with E-state index in [9.17, 15) is 13.9 Å². The van der Waals surface area contributed by atoms with Crippen LogP contribution in [-0.2, 0) is 6.42 Å². The number of aromatic hydroxyl groups is 1. The van der Waals surface area contributed by atoms with Gasteiger partial charge in [0.05, 0.1) is 4.47 Å². The summed E-state index contributed by atoms with van der Waals surface area (Å²) < 4.78 is 27.1. The molecular formula is C12H14BrF2NO. The summed E-state index contributed by atoms with van der Waals surface area (Å²) >= 11 is 3.02. The third-order valence-corrected chi connectivity index (χ3v) is 3.69. The topological polar surface area (TPSA) is 32.3 Å². The van der Waals surface area contributed by atoms with Crippen LogP contribution in [0, 0.1) is 11.6 Å². The van der Waals surface area contributed by atoms with Crippen LogP contribution in [0.3, 0.4) is 0 Å². The number of phenolic OH excluding ortho intramolecular Hbond substituents is 1. The molecule has 2 nitrogen and oxygen atoms in total. The van der Waals surface area contributed by atoms with Gasteiger partial charge in [-0.15, -0.1) is 0 Å². The summed E-state index contributed by atoms with van der Waals surface area (Å²) in [6, 6.07) is 1.64. The quantitative estimate of drug-likeness (QED) is 0.823. The minimum absolute atomic E-state index is 0.189. The van der Waals surface area contributed by atoms with Gasteiger partial charge in [0, 0.05) is 6.04 Å². The molecule has 1 heterocycles. The molecule has 94 valence electrons. The van der Waals surface area contributed by atoms with E-state index >= 15 is 0 Å². The first kappa shape index (κ1) is 12.8. The number of piperidine rings is 1. The second-order valence-corrected chi connectivity index (χ2v) is 5.20. The second-order valence-electron chi connectivity index (χ2n) is 4.35. The smallest absolute Gasteiger partial charge is 0.201 e. The lowest BCUT2D eigenvalue weighted by Gasteiger charge is -2.23. The fourth-order valence-corrected chi connectivity index (χ4v) is 2.60. The van der Waals surface area contributed by atoms with Crippen LogP contribution in [-0.4, -0.2) is 17.7 Å². The molecule has 2 rings (SSSR count). The van der Waals surface area contributed by atoms with E-state index in [-0.39, 0.29) is 10.5 Å². The van der Waals surface area contributed by atoms with E-state index in [2.05, 4.69) is 21.2 Å². The van der Waals surface area contributed by atoms with Crippen molar-refractivity contribution in [2.24, 2.45) is 0 Å². The van der Waals surface area contributed by atoms with Crippen molar-refractivity contribution in [2.45, 2.75) is 31.7 Å². The Morgan fingerprint density at radius 2 is 2.12 bits per heavy atom. The Balaban J connectivity index is 2.20. The van der Waals surface area contributed by atoms with Gasteiger partial charge in [0.15, 0.2) is 11.6 Å². The summed E-state index contributed by atoms with van der Waals surface area (Å²) in [5.41, 5.74) is 0.298. The predicted molar refractivity (Wildman–Crippen MR) is 65.1 cm³/mol. The summed E-state index contributed by atoms with van der Waals surface area (Å²) in [4.78, 5) is 0. The molecule has 1 fully saturated rings. The Kier molecular flexibility index (Phi) is 3.99. The van der Waals surface area contributed by atoms with Crippen LogP contribution < -0.4 is 5.32 Å². The van der Waals surface area contributed by atoms with Gasteiger partial charge in [0.2, 0.25) is 5.82 Å². The average molecular weight is 306 g/mol. The van der Waals surface area contributed by atoms with Crippen LogP contribution in [0.5, 0.6) is 5.75 Å². The lowest BCUT2D eigenvalue weighted by Crippen LogP contribution is -2.35. The van der Waals surface area contributed by atoms with Crippen LogP contribution in [0.15, 0.2) is 10.5 Å². The molecule has 1 atom stereocenters. The fourth-order valence-electron chi connectivity index (χ4n) is 2.15. The molecule has 1 saturated heterocycles. The highest BCUT2D eigenvalue weighted by Gasteiger charge is 2.20. The first-order valence-electron chi connectivity index (χ1n) is 5.68. The average Bonchev–Trinajstić information content (AvgIpc) is 2.35. The zero-order valence-corrected chi connectivity index (χ0v) is 10.9. The molecule has 0 saturated carbocycles. The number of benzene rings is 1. The largest absolute Gasteiger partial charge is 0.504 e. The van der Waals surface area contributed by atoms with E-state index in [1.165, 1.54) is 6.07 Å². The molecule has 0 aliphatic carbocycles. The zero-order valence-electron chi connectivity index (χ0n) is 9.27. The van der Waals surface area contributed by atoms with Gasteiger partial charge >= 0.3 is 0 Å². The zero-order chi connectivity index (χ0) is 12.4. The SMILES string of the molecule is Oc1c(Br)cc(CC2CCCCN2)c(F)c1F. The summed E-state index contributed by atoms with van der Waals surface area (Å²) in [5.74, 6) is -2.79. The van der Waals surface area contributed by atoms with Crippen molar-refractivity contribution in [1.82, 2.24) is 5.32 Å². The van der Waals surface area contributed by atoms with Crippen molar-refractivity contribution in [2.75, 3.05) is 6.54 Å². The van der Waals surface area contributed by atoms with Crippen molar-refractivity contribution >= 4 is 15.9 Å². The van der Waals surface area contributed by atoms with Crippen LogP contribution in [0.1, 0.15) is 24.8 Å². The van der Waals surface area contributed by atoms with Crippen LogP contribution >= 0.6 is 15.9 Å². The highest BCUT2D eigenvalue weighted by molar-refractivity contribution is 9.10. The molecule has 2 N–H and O–H groups in total. The summed E-state index contributed by atoms with van der Waals surface area (Å²) in [6.45, 7) is 0.925. The maximum Gasteiger partial charge on any atom is 0.201 e. The van der Waals surface area contributed by atoms with Gasteiger partial charge in [-0.3, -0.25) is 0 Å². The molecule has 1 aliphatic rings. The maximum atomic E-state index is 13.6.